The lowest BCUT2D eigenvalue weighted by Crippen LogP contribution is -2.00. The number of hydrogen-bond donors (Lipinski definition) is 1. The van der Waals surface area contributed by atoms with E-state index in [1.165, 1.54) is 19.3 Å². The van der Waals surface area contributed by atoms with Crippen molar-refractivity contribution in [2.45, 2.75) is 26.2 Å². The number of unbranched alkanes of at least 4 members (excludes halogenated alkanes) is 2. The predicted molar refractivity (Wildman–Crippen MR) is 57.0 cm³/mol. The van der Waals surface area contributed by atoms with Gasteiger partial charge in [0, 0.05) is 6.54 Å². The Hall–Kier alpha value is -1.01. The maximum Gasteiger partial charge on any atom is 0.106 e. The van der Waals surface area contributed by atoms with Crippen LogP contribution in [0.2, 0.25) is 0 Å². The fraction of sp³-hybridized carbons (Fsp3) is 0.500. The van der Waals surface area contributed by atoms with Crippen LogP contribution < -0.4 is 5.32 Å². The molecule has 0 amide bonds. The van der Waals surface area contributed by atoms with Crippen LogP contribution in [0, 0.1) is 11.3 Å². The molecule has 1 N–H and O–H groups in total. The average molecular weight is 194 g/mol. The van der Waals surface area contributed by atoms with Crippen molar-refractivity contribution in [1.29, 1.82) is 5.26 Å². The summed E-state index contributed by atoms with van der Waals surface area (Å²) in [7, 11) is 0. The quantitative estimate of drug-likeness (QED) is 0.730. The summed E-state index contributed by atoms with van der Waals surface area (Å²) in [6.45, 7) is 3.16. The number of nitriles is 1. The summed E-state index contributed by atoms with van der Waals surface area (Å²) in [5, 5.41) is 15.0. The molecule has 0 saturated carbocycles. The van der Waals surface area contributed by atoms with Crippen molar-refractivity contribution in [2.24, 2.45) is 0 Å². The molecule has 0 bridgehead atoms. The molecule has 0 saturated heterocycles. The van der Waals surface area contributed by atoms with Crippen LogP contribution in [0.5, 0.6) is 0 Å². The number of hydrogen-bond acceptors (Lipinski definition) is 3. The summed E-state index contributed by atoms with van der Waals surface area (Å²) in [6.07, 6.45) is 3.66. The van der Waals surface area contributed by atoms with Gasteiger partial charge in [-0.2, -0.15) is 5.26 Å². The smallest absolute Gasteiger partial charge is 0.106 e. The van der Waals surface area contributed by atoms with Crippen molar-refractivity contribution in [3.05, 3.63) is 17.0 Å². The Morgan fingerprint density at radius 2 is 2.38 bits per heavy atom. The van der Waals surface area contributed by atoms with Gasteiger partial charge in [0.15, 0.2) is 0 Å². The van der Waals surface area contributed by atoms with Crippen LogP contribution in [0.25, 0.3) is 0 Å². The van der Waals surface area contributed by atoms with E-state index in [9.17, 15) is 0 Å². The van der Waals surface area contributed by atoms with E-state index in [0.29, 0.717) is 0 Å². The molecule has 1 aromatic rings. The topological polar surface area (TPSA) is 35.8 Å². The third kappa shape index (κ3) is 3.08. The molecule has 13 heavy (non-hydrogen) atoms. The Bertz CT molecular complexity index is 285. The van der Waals surface area contributed by atoms with Crippen molar-refractivity contribution in [2.75, 3.05) is 11.9 Å². The number of rotatable bonds is 5. The molecule has 0 aromatic carbocycles. The number of nitrogens with zero attached hydrogens (tertiary/aromatic N) is 1. The van der Waals surface area contributed by atoms with Crippen LogP contribution in [0.15, 0.2) is 11.4 Å². The third-order valence-corrected chi connectivity index (χ3v) is 2.72. The summed E-state index contributed by atoms with van der Waals surface area (Å²) in [6, 6.07) is 4.02. The SMILES string of the molecule is CCCCCNc1sccc1C#N. The van der Waals surface area contributed by atoms with E-state index in [1.807, 2.05) is 11.4 Å². The second-order valence-electron chi connectivity index (χ2n) is 2.91. The zero-order chi connectivity index (χ0) is 9.52. The van der Waals surface area contributed by atoms with Gasteiger partial charge in [-0.15, -0.1) is 11.3 Å². The standard InChI is InChI=1S/C10H14N2S/c1-2-3-4-6-12-10-9(8-11)5-7-13-10/h5,7,12H,2-4,6H2,1H3. The van der Waals surface area contributed by atoms with Gasteiger partial charge in [-0.25, -0.2) is 0 Å². The van der Waals surface area contributed by atoms with Gasteiger partial charge >= 0.3 is 0 Å². The maximum atomic E-state index is 8.73. The highest BCUT2D eigenvalue weighted by atomic mass is 32.1. The second-order valence-corrected chi connectivity index (χ2v) is 3.83. The minimum absolute atomic E-state index is 0.765. The fourth-order valence-electron chi connectivity index (χ4n) is 1.11. The zero-order valence-electron chi connectivity index (χ0n) is 7.84. The summed E-state index contributed by atoms with van der Waals surface area (Å²) in [4.78, 5) is 0. The minimum Gasteiger partial charge on any atom is -0.376 e. The van der Waals surface area contributed by atoms with Gasteiger partial charge in [0.1, 0.15) is 11.1 Å². The molecule has 1 aromatic heterocycles. The Balaban J connectivity index is 2.33. The predicted octanol–water partition coefficient (Wildman–Crippen LogP) is 3.22. The van der Waals surface area contributed by atoms with E-state index in [0.717, 1.165) is 17.1 Å². The molecule has 0 unspecified atom stereocenters. The highest BCUT2D eigenvalue weighted by Gasteiger charge is 2.00. The van der Waals surface area contributed by atoms with Crippen molar-refractivity contribution >= 4 is 16.3 Å². The van der Waals surface area contributed by atoms with E-state index in [-0.39, 0.29) is 0 Å². The largest absolute Gasteiger partial charge is 0.376 e. The van der Waals surface area contributed by atoms with Gasteiger partial charge in [-0.05, 0) is 17.9 Å². The van der Waals surface area contributed by atoms with Crippen LogP contribution in [0.1, 0.15) is 31.7 Å². The molecule has 0 aliphatic rings. The Kier molecular flexibility index (Phi) is 4.34. The molecule has 0 fully saturated rings. The van der Waals surface area contributed by atoms with Crippen molar-refractivity contribution in [3.8, 4) is 6.07 Å². The van der Waals surface area contributed by atoms with Gasteiger partial charge in [0.25, 0.3) is 0 Å². The lowest BCUT2D eigenvalue weighted by atomic mass is 10.2. The molecule has 0 radical (unpaired) electrons. The van der Waals surface area contributed by atoms with E-state index in [2.05, 4.69) is 18.3 Å². The zero-order valence-corrected chi connectivity index (χ0v) is 8.66. The highest BCUT2D eigenvalue weighted by Crippen LogP contribution is 2.21. The van der Waals surface area contributed by atoms with Crippen LogP contribution in [0.3, 0.4) is 0 Å². The van der Waals surface area contributed by atoms with Crippen LogP contribution in [-0.2, 0) is 0 Å². The van der Waals surface area contributed by atoms with Crippen molar-refractivity contribution in [3.63, 3.8) is 0 Å². The normalized spacial score (nSPS) is 9.54. The lowest BCUT2D eigenvalue weighted by Gasteiger charge is -2.02. The second kappa shape index (κ2) is 5.60. The molecule has 1 heterocycles. The number of anilines is 1. The van der Waals surface area contributed by atoms with E-state index >= 15 is 0 Å². The summed E-state index contributed by atoms with van der Waals surface area (Å²) < 4.78 is 0. The fourth-order valence-corrected chi connectivity index (χ4v) is 1.88. The number of nitrogens with one attached hydrogen (secondary N) is 1. The molecule has 0 atom stereocenters. The third-order valence-electron chi connectivity index (χ3n) is 1.85. The minimum atomic E-state index is 0.765. The Morgan fingerprint density at radius 3 is 3.08 bits per heavy atom. The molecular weight excluding hydrogens is 180 g/mol. The first-order valence-corrected chi connectivity index (χ1v) is 5.48. The first kappa shape index (κ1) is 10.1. The van der Waals surface area contributed by atoms with Crippen LogP contribution >= 0.6 is 11.3 Å². The highest BCUT2D eigenvalue weighted by molar-refractivity contribution is 7.14. The molecule has 1 rings (SSSR count). The van der Waals surface area contributed by atoms with E-state index in [4.69, 9.17) is 5.26 Å². The lowest BCUT2D eigenvalue weighted by molar-refractivity contribution is 0.744. The van der Waals surface area contributed by atoms with Gasteiger partial charge in [0.2, 0.25) is 0 Å². The molecule has 0 aliphatic carbocycles. The average Bonchev–Trinajstić information content (AvgIpc) is 2.60. The molecule has 70 valence electrons. The first-order valence-electron chi connectivity index (χ1n) is 4.60. The molecular formula is C10H14N2S. The first-order chi connectivity index (χ1) is 6.38. The molecule has 2 nitrogen and oxygen atoms in total. The molecule has 0 aliphatic heterocycles. The molecule has 0 spiro atoms. The van der Waals surface area contributed by atoms with Gasteiger partial charge in [-0.1, -0.05) is 19.8 Å². The summed E-state index contributed by atoms with van der Waals surface area (Å²) >= 11 is 1.60. The maximum absolute atomic E-state index is 8.73. The summed E-state index contributed by atoms with van der Waals surface area (Å²) in [5.41, 5.74) is 0.765. The van der Waals surface area contributed by atoms with Crippen molar-refractivity contribution < 1.29 is 0 Å². The van der Waals surface area contributed by atoms with Gasteiger partial charge in [0.05, 0.1) is 5.56 Å². The van der Waals surface area contributed by atoms with Crippen LogP contribution in [0.4, 0.5) is 5.00 Å². The van der Waals surface area contributed by atoms with Crippen LogP contribution in [-0.4, -0.2) is 6.54 Å². The number of thiophene rings is 1. The monoisotopic (exact) mass is 194 g/mol. The van der Waals surface area contributed by atoms with E-state index in [1.54, 1.807) is 11.3 Å². The molecule has 3 heteroatoms. The van der Waals surface area contributed by atoms with Gasteiger partial charge in [-0.3, -0.25) is 0 Å². The Labute approximate surface area is 83.2 Å². The van der Waals surface area contributed by atoms with Gasteiger partial charge < -0.3 is 5.32 Å². The van der Waals surface area contributed by atoms with E-state index < -0.39 is 0 Å². The summed E-state index contributed by atoms with van der Waals surface area (Å²) in [5.74, 6) is 0. The Morgan fingerprint density at radius 1 is 1.54 bits per heavy atom. The van der Waals surface area contributed by atoms with Crippen molar-refractivity contribution in [1.82, 2.24) is 0 Å².